The first-order valence-electron chi connectivity index (χ1n) is 10.1. The summed E-state index contributed by atoms with van der Waals surface area (Å²) in [6.07, 6.45) is 5.71. The van der Waals surface area contributed by atoms with Crippen LogP contribution in [0.4, 0.5) is 5.82 Å². The Kier molecular flexibility index (Phi) is 6.23. The Morgan fingerprint density at radius 3 is 2.55 bits per heavy atom. The van der Waals surface area contributed by atoms with Gasteiger partial charge in [-0.2, -0.15) is 5.26 Å². The van der Waals surface area contributed by atoms with Gasteiger partial charge in [-0.1, -0.05) is 12.1 Å². The van der Waals surface area contributed by atoms with Gasteiger partial charge in [0.25, 0.3) is 5.91 Å². The Balaban J connectivity index is 1.49. The summed E-state index contributed by atoms with van der Waals surface area (Å²) < 4.78 is 6.50. The van der Waals surface area contributed by atoms with Crippen molar-refractivity contribution in [2.45, 2.75) is 6.92 Å². The topological polar surface area (TPSA) is 110 Å². The van der Waals surface area contributed by atoms with E-state index >= 15 is 0 Å². The van der Waals surface area contributed by atoms with Crippen molar-refractivity contribution in [1.29, 1.82) is 5.26 Å². The van der Waals surface area contributed by atoms with Gasteiger partial charge in [-0.25, -0.2) is 14.8 Å². The van der Waals surface area contributed by atoms with Gasteiger partial charge in [0.05, 0.1) is 24.4 Å². The van der Waals surface area contributed by atoms with Crippen LogP contribution in [-0.2, 0) is 4.74 Å². The van der Waals surface area contributed by atoms with Gasteiger partial charge in [0.1, 0.15) is 5.82 Å². The molecule has 8 nitrogen and oxygen atoms in total. The van der Waals surface area contributed by atoms with Crippen molar-refractivity contribution in [3.8, 4) is 22.9 Å². The third-order valence-corrected chi connectivity index (χ3v) is 4.81. The minimum Gasteiger partial charge on any atom is -0.461 e. The number of imidazole rings is 1. The van der Waals surface area contributed by atoms with Crippen LogP contribution >= 0.6 is 0 Å². The zero-order valence-corrected chi connectivity index (χ0v) is 17.6. The maximum Gasteiger partial charge on any atom is 0.356 e. The van der Waals surface area contributed by atoms with Gasteiger partial charge in [-0.15, -0.1) is 0 Å². The molecule has 2 aromatic carbocycles. The summed E-state index contributed by atoms with van der Waals surface area (Å²) in [5.74, 6) is -0.425. The maximum atomic E-state index is 12.7. The van der Waals surface area contributed by atoms with Crippen LogP contribution in [0.5, 0.6) is 0 Å². The molecule has 2 heterocycles. The van der Waals surface area contributed by atoms with Crippen LogP contribution in [0.25, 0.3) is 16.8 Å². The third-order valence-electron chi connectivity index (χ3n) is 4.81. The predicted molar refractivity (Wildman–Crippen MR) is 121 cm³/mol. The summed E-state index contributed by atoms with van der Waals surface area (Å²) in [6, 6.07) is 19.5. The first kappa shape index (κ1) is 21.5. The smallest absolute Gasteiger partial charge is 0.356 e. The molecular formula is C25H18N5O3. The number of nitrogens with one attached hydrogen (secondary N) is 1. The van der Waals surface area contributed by atoms with Crippen LogP contribution in [0.15, 0.2) is 73.1 Å². The molecule has 0 aliphatic heterocycles. The zero-order valence-electron chi connectivity index (χ0n) is 17.6. The summed E-state index contributed by atoms with van der Waals surface area (Å²) in [5, 5.41) is 11.7. The number of rotatable bonds is 6. The molecule has 0 saturated heterocycles. The number of pyridine rings is 1. The minimum absolute atomic E-state index is 0.248. The van der Waals surface area contributed by atoms with Gasteiger partial charge in [-0.3, -0.25) is 9.36 Å². The highest BCUT2D eigenvalue weighted by Gasteiger charge is 2.15. The molecule has 0 aliphatic carbocycles. The molecule has 0 atom stereocenters. The lowest BCUT2D eigenvalue weighted by molar-refractivity contribution is 0.0516. The van der Waals surface area contributed by atoms with Gasteiger partial charge in [-0.05, 0) is 66.6 Å². The number of carbonyl (C=O) groups is 2. The van der Waals surface area contributed by atoms with Crippen molar-refractivity contribution in [2.24, 2.45) is 0 Å². The molecule has 4 rings (SSSR count). The summed E-state index contributed by atoms with van der Waals surface area (Å²) >= 11 is 0. The number of benzene rings is 2. The van der Waals surface area contributed by atoms with Crippen LogP contribution in [0.1, 0.15) is 33.3 Å². The maximum absolute atomic E-state index is 12.7. The SMILES string of the molecule is CCOC(=O)c1cn[c]n1-c1ccc(C(=O)Nc2cc(-c3ccc(C#N)cc3)ccn2)cc1. The molecule has 2 aromatic heterocycles. The fourth-order valence-electron chi connectivity index (χ4n) is 3.17. The first-order chi connectivity index (χ1) is 16.1. The lowest BCUT2D eigenvalue weighted by Crippen LogP contribution is -2.13. The molecule has 0 aliphatic rings. The molecule has 1 amide bonds. The van der Waals surface area contributed by atoms with Crippen molar-refractivity contribution in [1.82, 2.24) is 14.5 Å². The van der Waals surface area contributed by atoms with Crippen LogP contribution in [0, 0.1) is 17.7 Å². The Bertz CT molecular complexity index is 1340. The molecule has 33 heavy (non-hydrogen) atoms. The van der Waals surface area contributed by atoms with Crippen LogP contribution < -0.4 is 5.32 Å². The average molecular weight is 436 g/mol. The number of hydrogen-bond donors (Lipinski definition) is 1. The van der Waals surface area contributed by atoms with Crippen molar-refractivity contribution >= 4 is 17.7 Å². The number of aromatic nitrogens is 3. The van der Waals surface area contributed by atoms with E-state index in [2.05, 4.69) is 27.7 Å². The summed E-state index contributed by atoms with van der Waals surface area (Å²) in [5.41, 5.74) is 3.63. The fraction of sp³-hybridized carbons (Fsp3) is 0.0800. The first-order valence-corrected chi connectivity index (χ1v) is 10.1. The van der Waals surface area contributed by atoms with E-state index in [-0.39, 0.29) is 18.2 Å². The van der Waals surface area contributed by atoms with Gasteiger partial charge >= 0.3 is 5.97 Å². The molecule has 0 unspecified atom stereocenters. The fourth-order valence-corrected chi connectivity index (χ4v) is 3.17. The summed E-state index contributed by atoms with van der Waals surface area (Å²) in [7, 11) is 0. The Labute approximate surface area is 190 Å². The molecule has 4 aromatic rings. The zero-order chi connectivity index (χ0) is 23.2. The predicted octanol–water partition coefficient (Wildman–Crippen LogP) is 4.04. The van der Waals surface area contributed by atoms with Gasteiger partial charge < -0.3 is 10.1 Å². The Morgan fingerprint density at radius 2 is 1.85 bits per heavy atom. The minimum atomic E-state index is -0.499. The number of esters is 1. The number of anilines is 1. The highest BCUT2D eigenvalue weighted by Crippen LogP contribution is 2.22. The standard InChI is InChI=1S/C25H18N5O3/c1-2-33-25(32)22-15-27-16-30(22)21-9-7-19(8-10-21)24(31)29-23-13-20(11-12-28-23)18-5-3-17(14-26)4-6-18/h3-13,15H,2H2,1H3,(H,28,29,31). The van der Waals surface area contributed by atoms with Gasteiger partial charge in [0.15, 0.2) is 12.0 Å². The van der Waals surface area contributed by atoms with Crippen molar-refractivity contribution in [3.05, 3.63) is 96.2 Å². The molecule has 1 radical (unpaired) electrons. The largest absolute Gasteiger partial charge is 0.461 e. The molecule has 1 N–H and O–H groups in total. The lowest BCUT2D eigenvalue weighted by Gasteiger charge is -2.09. The quantitative estimate of drug-likeness (QED) is 0.457. The van der Waals surface area contributed by atoms with Gasteiger partial charge in [0.2, 0.25) is 0 Å². The Morgan fingerprint density at radius 1 is 1.09 bits per heavy atom. The molecule has 0 saturated carbocycles. The highest BCUT2D eigenvalue weighted by molar-refractivity contribution is 6.04. The molecular weight excluding hydrogens is 418 g/mol. The summed E-state index contributed by atoms with van der Waals surface area (Å²) in [4.78, 5) is 32.9. The van der Waals surface area contributed by atoms with E-state index in [1.54, 1.807) is 55.6 Å². The normalized spacial score (nSPS) is 10.3. The van der Waals surface area contributed by atoms with Crippen LogP contribution in [-0.4, -0.2) is 33.0 Å². The van der Waals surface area contributed by atoms with Crippen molar-refractivity contribution in [2.75, 3.05) is 11.9 Å². The van der Waals surface area contributed by atoms with E-state index in [0.29, 0.717) is 22.6 Å². The van der Waals surface area contributed by atoms with E-state index in [1.807, 2.05) is 18.2 Å². The van der Waals surface area contributed by atoms with Crippen molar-refractivity contribution in [3.63, 3.8) is 0 Å². The molecule has 161 valence electrons. The monoisotopic (exact) mass is 436 g/mol. The number of amides is 1. The van der Waals surface area contributed by atoms with Crippen LogP contribution in [0.3, 0.4) is 0 Å². The van der Waals surface area contributed by atoms with E-state index in [9.17, 15) is 9.59 Å². The second-order valence-electron chi connectivity index (χ2n) is 6.92. The van der Waals surface area contributed by atoms with Crippen LogP contribution in [0.2, 0.25) is 0 Å². The average Bonchev–Trinajstić information content (AvgIpc) is 3.35. The molecule has 0 spiro atoms. The molecule has 0 fully saturated rings. The highest BCUT2D eigenvalue weighted by atomic mass is 16.5. The van der Waals surface area contributed by atoms with E-state index < -0.39 is 5.97 Å². The summed E-state index contributed by atoms with van der Waals surface area (Å²) in [6.45, 7) is 1.98. The van der Waals surface area contributed by atoms with E-state index in [1.165, 1.54) is 10.8 Å². The van der Waals surface area contributed by atoms with Crippen molar-refractivity contribution < 1.29 is 14.3 Å². The number of carbonyl (C=O) groups excluding carboxylic acids is 2. The van der Waals surface area contributed by atoms with Gasteiger partial charge in [0, 0.05) is 17.4 Å². The number of nitrogens with zero attached hydrogens (tertiary/aromatic N) is 4. The van der Waals surface area contributed by atoms with E-state index in [4.69, 9.17) is 10.00 Å². The Hall–Kier alpha value is -4.77. The molecule has 8 heteroatoms. The number of hydrogen-bond acceptors (Lipinski definition) is 6. The lowest BCUT2D eigenvalue weighted by atomic mass is 10.1. The number of ether oxygens (including phenoxy) is 1. The number of nitriles is 1. The van der Waals surface area contributed by atoms with E-state index in [0.717, 1.165) is 11.1 Å². The second kappa shape index (κ2) is 9.58. The second-order valence-corrected chi connectivity index (χ2v) is 6.92. The molecule has 0 bridgehead atoms. The third kappa shape index (κ3) is 4.78.